The van der Waals surface area contributed by atoms with Crippen LogP contribution in [0, 0.1) is 12.8 Å². The number of carbonyl (C=O) groups excluding carboxylic acids is 2. The van der Waals surface area contributed by atoms with Crippen LogP contribution in [0.3, 0.4) is 0 Å². The smallest absolute Gasteiger partial charge is 0.407 e. The van der Waals surface area contributed by atoms with E-state index in [9.17, 15) is 9.59 Å². The number of aryl methyl sites for hydroxylation is 1. The lowest BCUT2D eigenvalue weighted by Crippen LogP contribution is -2.38. The Morgan fingerprint density at radius 1 is 1.07 bits per heavy atom. The zero-order valence-electron chi connectivity index (χ0n) is 24.3. The number of anilines is 1. The molecule has 0 spiro atoms. The summed E-state index contributed by atoms with van der Waals surface area (Å²) in [5, 5.41) is 7.15. The van der Waals surface area contributed by atoms with Gasteiger partial charge >= 0.3 is 6.09 Å². The van der Waals surface area contributed by atoms with Crippen molar-refractivity contribution in [1.82, 2.24) is 15.6 Å². The molecule has 3 aromatic rings. The predicted octanol–water partition coefficient (Wildman–Crippen LogP) is 7.01. The Bertz CT molecular complexity index is 1270. The van der Waals surface area contributed by atoms with Crippen molar-refractivity contribution in [3.63, 3.8) is 0 Å². The molecule has 0 saturated heterocycles. The van der Waals surface area contributed by atoms with Crippen molar-refractivity contribution in [1.29, 1.82) is 0 Å². The molecule has 0 fully saturated rings. The van der Waals surface area contributed by atoms with E-state index in [1.54, 1.807) is 11.3 Å². The van der Waals surface area contributed by atoms with Crippen LogP contribution in [0.15, 0.2) is 48.5 Å². The van der Waals surface area contributed by atoms with Crippen LogP contribution in [-0.2, 0) is 22.5 Å². The second kappa shape index (κ2) is 14.5. The summed E-state index contributed by atoms with van der Waals surface area (Å²) in [6.07, 6.45) is 0.704. The molecule has 3 rings (SSSR count). The molecule has 0 aliphatic carbocycles. The fourth-order valence-electron chi connectivity index (χ4n) is 4.00. The Morgan fingerprint density at radius 3 is 2.42 bits per heavy atom. The Hall–Kier alpha value is -3.10. The van der Waals surface area contributed by atoms with Gasteiger partial charge in [0.05, 0.1) is 5.69 Å². The molecule has 0 bridgehead atoms. The molecule has 0 radical (unpaired) electrons. The van der Waals surface area contributed by atoms with Gasteiger partial charge in [-0.3, -0.25) is 4.79 Å². The lowest BCUT2D eigenvalue weighted by molar-refractivity contribution is -0.120. The molecule has 2 aromatic carbocycles. The number of thiazole rings is 1. The van der Waals surface area contributed by atoms with Crippen LogP contribution >= 0.6 is 22.9 Å². The summed E-state index contributed by atoms with van der Waals surface area (Å²) in [6, 6.07) is 16.3. The van der Waals surface area contributed by atoms with E-state index in [1.165, 1.54) is 4.88 Å². The van der Waals surface area contributed by atoms with E-state index in [4.69, 9.17) is 21.3 Å². The van der Waals surface area contributed by atoms with Crippen LogP contribution in [0.1, 0.15) is 57.0 Å². The number of aromatic nitrogens is 1. The average Bonchev–Trinajstić information content (AvgIpc) is 3.28. The third kappa shape index (κ3) is 10.1. The normalized spacial score (nSPS) is 11.4. The van der Waals surface area contributed by atoms with Crippen LogP contribution in [0.2, 0.25) is 5.02 Å². The predicted molar refractivity (Wildman–Crippen MR) is 165 cm³/mol. The fraction of sp³-hybridized carbons (Fsp3) is 0.452. The first kappa shape index (κ1) is 31.4. The first-order chi connectivity index (χ1) is 18.9. The molecule has 40 heavy (non-hydrogen) atoms. The number of ether oxygens (including phenoxy) is 1. The zero-order chi connectivity index (χ0) is 29.3. The molecule has 7 nitrogen and oxygen atoms in total. The van der Waals surface area contributed by atoms with Crippen LogP contribution < -0.4 is 15.5 Å². The van der Waals surface area contributed by atoms with Gasteiger partial charge in [0.1, 0.15) is 5.60 Å². The first-order valence-electron chi connectivity index (χ1n) is 13.7. The van der Waals surface area contributed by atoms with Crippen molar-refractivity contribution in [3.8, 4) is 11.3 Å². The van der Waals surface area contributed by atoms with E-state index in [1.807, 2.05) is 58.0 Å². The molecule has 0 atom stereocenters. The molecule has 0 unspecified atom stereocenters. The lowest BCUT2D eigenvalue weighted by atomic mass is 10.0. The Labute approximate surface area is 247 Å². The number of halogens is 1. The topological polar surface area (TPSA) is 83.6 Å². The van der Waals surface area contributed by atoms with Gasteiger partial charge in [-0.2, -0.15) is 0 Å². The van der Waals surface area contributed by atoms with Crippen molar-refractivity contribution < 1.29 is 14.3 Å². The minimum absolute atomic E-state index is 0.0893. The largest absolute Gasteiger partial charge is 0.444 e. The number of nitrogens with zero attached hydrogens (tertiary/aromatic N) is 2. The van der Waals surface area contributed by atoms with Crippen molar-refractivity contribution >= 4 is 40.1 Å². The summed E-state index contributed by atoms with van der Waals surface area (Å²) >= 11 is 8.15. The van der Waals surface area contributed by atoms with E-state index < -0.39 is 11.7 Å². The second-order valence-corrected chi connectivity index (χ2v) is 12.7. The molecule has 216 valence electrons. The highest BCUT2D eigenvalue weighted by Gasteiger charge is 2.20. The minimum Gasteiger partial charge on any atom is -0.444 e. The van der Waals surface area contributed by atoms with Crippen LogP contribution in [0.4, 0.5) is 9.93 Å². The van der Waals surface area contributed by atoms with E-state index in [2.05, 4.69) is 47.6 Å². The molecular weight excluding hydrogens is 544 g/mol. The maximum absolute atomic E-state index is 12.7. The van der Waals surface area contributed by atoms with Gasteiger partial charge in [0.15, 0.2) is 5.13 Å². The standard InChI is InChI=1S/C31H41ClN4O3S/c1-21(2)18-26-28(24-13-12-22(3)25(32)19-24)35-29(40-26)36(20-23-10-8-7-9-11-23)17-14-27(37)33-15-16-34-30(38)39-31(4,5)6/h7-13,19,21H,14-18,20H2,1-6H3,(H,33,37)(H,34,38). The van der Waals surface area contributed by atoms with Gasteiger partial charge in [0.25, 0.3) is 0 Å². The molecule has 9 heteroatoms. The van der Waals surface area contributed by atoms with E-state index in [-0.39, 0.29) is 5.91 Å². The van der Waals surface area contributed by atoms with Gasteiger partial charge in [-0.1, -0.05) is 67.9 Å². The SMILES string of the molecule is Cc1ccc(-c2nc(N(CCC(=O)NCCNC(=O)OC(C)(C)C)Cc3ccccc3)sc2CC(C)C)cc1Cl. The van der Waals surface area contributed by atoms with Gasteiger partial charge in [0.2, 0.25) is 5.91 Å². The molecule has 1 aromatic heterocycles. The Kier molecular flexibility index (Phi) is 11.4. The molecule has 0 aliphatic rings. The number of rotatable bonds is 12. The molecule has 1 heterocycles. The molecule has 0 aliphatic heterocycles. The summed E-state index contributed by atoms with van der Waals surface area (Å²) in [4.78, 5) is 33.0. The summed E-state index contributed by atoms with van der Waals surface area (Å²) < 4.78 is 5.23. The highest BCUT2D eigenvalue weighted by atomic mass is 35.5. The highest BCUT2D eigenvalue weighted by Crippen LogP contribution is 2.36. The van der Waals surface area contributed by atoms with Gasteiger partial charge in [-0.15, -0.1) is 11.3 Å². The fourth-order valence-corrected chi connectivity index (χ4v) is 5.50. The lowest BCUT2D eigenvalue weighted by Gasteiger charge is -2.22. The molecule has 2 amide bonds. The number of benzene rings is 2. The van der Waals surface area contributed by atoms with Gasteiger partial charge in [-0.25, -0.2) is 9.78 Å². The Balaban J connectivity index is 1.73. The van der Waals surface area contributed by atoms with Crippen molar-refractivity contribution in [3.05, 3.63) is 69.6 Å². The van der Waals surface area contributed by atoms with E-state index in [0.29, 0.717) is 38.5 Å². The number of carbonyl (C=O) groups is 2. The van der Waals surface area contributed by atoms with E-state index >= 15 is 0 Å². The van der Waals surface area contributed by atoms with Crippen molar-refractivity contribution in [2.24, 2.45) is 5.92 Å². The van der Waals surface area contributed by atoms with Gasteiger partial charge in [-0.05, 0) is 57.2 Å². The molecule has 2 N–H and O–H groups in total. The maximum Gasteiger partial charge on any atom is 0.407 e. The molecule has 0 saturated carbocycles. The number of hydrogen-bond donors (Lipinski definition) is 2. The van der Waals surface area contributed by atoms with Crippen molar-refractivity contribution in [2.45, 2.75) is 66.5 Å². The third-order valence-corrected chi connectivity index (χ3v) is 7.48. The number of nitrogens with one attached hydrogen (secondary N) is 2. The summed E-state index contributed by atoms with van der Waals surface area (Å²) in [6.45, 7) is 13.6. The van der Waals surface area contributed by atoms with Crippen LogP contribution in [0.5, 0.6) is 0 Å². The van der Waals surface area contributed by atoms with Crippen LogP contribution in [-0.4, -0.2) is 42.2 Å². The average molecular weight is 585 g/mol. The highest BCUT2D eigenvalue weighted by molar-refractivity contribution is 7.16. The monoisotopic (exact) mass is 584 g/mol. The minimum atomic E-state index is -0.564. The van der Waals surface area contributed by atoms with Gasteiger partial charge < -0.3 is 20.3 Å². The number of hydrogen-bond acceptors (Lipinski definition) is 6. The second-order valence-electron chi connectivity index (χ2n) is 11.3. The quantitative estimate of drug-likeness (QED) is 0.224. The summed E-state index contributed by atoms with van der Waals surface area (Å²) in [5.74, 6) is 0.379. The summed E-state index contributed by atoms with van der Waals surface area (Å²) in [7, 11) is 0. The molecular formula is C31H41ClN4O3S. The van der Waals surface area contributed by atoms with Crippen molar-refractivity contribution in [2.75, 3.05) is 24.5 Å². The number of alkyl carbamates (subject to hydrolysis) is 1. The van der Waals surface area contributed by atoms with E-state index in [0.717, 1.165) is 39.0 Å². The third-order valence-electron chi connectivity index (χ3n) is 5.94. The summed E-state index contributed by atoms with van der Waals surface area (Å²) in [5.41, 5.74) is 3.57. The van der Waals surface area contributed by atoms with Gasteiger partial charge in [0, 0.05) is 48.1 Å². The zero-order valence-corrected chi connectivity index (χ0v) is 25.9. The Morgan fingerprint density at radius 2 is 1.77 bits per heavy atom. The van der Waals surface area contributed by atoms with Crippen LogP contribution in [0.25, 0.3) is 11.3 Å². The first-order valence-corrected chi connectivity index (χ1v) is 14.9. The maximum atomic E-state index is 12.7. The number of amides is 2.